The van der Waals surface area contributed by atoms with Gasteiger partial charge in [-0.15, -0.1) is 0 Å². The molecule has 2 heteroatoms. The largest absolute Gasteiger partial charge is 0.348 e. The molecule has 3 rings (SSSR count). The molecular weight excluding hydrogens is 220 g/mol. The van der Waals surface area contributed by atoms with Crippen molar-refractivity contribution in [3.05, 3.63) is 23.5 Å². The molecule has 1 aromatic rings. The Balaban J connectivity index is 1.88. The highest BCUT2D eigenvalue weighted by Gasteiger charge is 2.28. The van der Waals surface area contributed by atoms with E-state index in [9.17, 15) is 0 Å². The molecule has 3 atom stereocenters. The van der Waals surface area contributed by atoms with Gasteiger partial charge in [0.25, 0.3) is 0 Å². The van der Waals surface area contributed by atoms with Crippen LogP contribution >= 0.6 is 0 Å². The Bertz CT molecular complexity index is 411. The van der Waals surface area contributed by atoms with Crippen LogP contribution in [0, 0.1) is 11.8 Å². The van der Waals surface area contributed by atoms with Crippen molar-refractivity contribution in [2.24, 2.45) is 17.6 Å². The normalized spacial score (nSPS) is 36.4. The van der Waals surface area contributed by atoms with E-state index >= 15 is 0 Å². The van der Waals surface area contributed by atoms with Crippen molar-refractivity contribution in [2.75, 3.05) is 0 Å². The predicted octanol–water partition coefficient (Wildman–Crippen LogP) is 3.82. The molecule has 0 amide bonds. The molecule has 2 aliphatic carbocycles. The van der Waals surface area contributed by atoms with Gasteiger partial charge in [0.15, 0.2) is 0 Å². The summed E-state index contributed by atoms with van der Waals surface area (Å²) in [5, 5.41) is 0. The zero-order chi connectivity index (χ0) is 12.7. The highest BCUT2D eigenvalue weighted by Crippen LogP contribution is 2.39. The Hall–Kier alpha value is -0.760. The van der Waals surface area contributed by atoms with Crippen LogP contribution < -0.4 is 5.73 Å². The van der Waals surface area contributed by atoms with Gasteiger partial charge in [0.05, 0.1) is 0 Å². The quantitative estimate of drug-likeness (QED) is 0.802. The fourth-order valence-electron chi connectivity index (χ4n) is 4.23. The van der Waals surface area contributed by atoms with E-state index in [2.05, 4.69) is 30.7 Å². The van der Waals surface area contributed by atoms with Crippen LogP contribution in [0.4, 0.5) is 0 Å². The minimum absolute atomic E-state index is 0.286. The smallest absolute Gasteiger partial charge is 0.0338 e. The van der Waals surface area contributed by atoms with E-state index in [1.807, 2.05) is 0 Å². The lowest BCUT2D eigenvalue weighted by Crippen LogP contribution is -2.25. The maximum atomic E-state index is 6.23. The second-order valence-corrected chi connectivity index (χ2v) is 6.70. The number of nitrogens with zero attached hydrogens (tertiary/aromatic N) is 1. The number of aromatic nitrogens is 1. The molecule has 0 aromatic carbocycles. The molecule has 1 saturated carbocycles. The highest BCUT2D eigenvalue weighted by atomic mass is 15.0. The van der Waals surface area contributed by atoms with Crippen LogP contribution in [0.15, 0.2) is 12.3 Å². The van der Waals surface area contributed by atoms with Gasteiger partial charge in [-0.2, -0.15) is 0 Å². The number of hydrogen-bond donors (Lipinski definition) is 1. The van der Waals surface area contributed by atoms with E-state index in [0.717, 1.165) is 24.3 Å². The first kappa shape index (κ1) is 12.3. The van der Waals surface area contributed by atoms with E-state index in [4.69, 9.17) is 5.73 Å². The molecule has 100 valence electrons. The van der Waals surface area contributed by atoms with Crippen molar-refractivity contribution in [3.63, 3.8) is 0 Å². The molecular formula is C16H26N2. The summed E-state index contributed by atoms with van der Waals surface area (Å²) in [4.78, 5) is 0. The standard InChI is InChI=1S/C16H26N2/c1-11-8-12(2)10-13(9-11)18-7-6-14-15(17)4-3-5-16(14)18/h6-7,11-13,15H,3-5,8-10,17H2,1-2H3. The molecule has 0 bridgehead atoms. The summed E-state index contributed by atoms with van der Waals surface area (Å²) in [5.41, 5.74) is 9.20. The van der Waals surface area contributed by atoms with E-state index in [-0.39, 0.29) is 6.04 Å². The Labute approximate surface area is 111 Å². The van der Waals surface area contributed by atoms with Gasteiger partial charge in [-0.25, -0.2) is 0 Å². The third-order valence-electron chi connectivity index (χ3n) is 4.93. The average molecular weight is 246 g/mol. The number of nitrogens with two attached hydrogens (primary N) is 1. The lowest BCUT2D eigenvalue weighted by atomic mass is 9.80. The molecule has 1 fully saturated rings. The second kappa shape index (κ2) is 4.73. The predicted molar refractivity (Wildman–Crippen MR) is 75.5 cm³/mol. The maximum absolute atomic E-state index is 6.23. The Kier molecular flexibility index (Phi) is 3.23. The summed E-state index contributed by atoms with van der Waals surface area (Å²) in [6.07, 6.45) is 10.1. The van der Waals surface area contributed by atoms with Gasteiger partial charge in [-0.1, -0.05) is 13.8 Å². The first-order valence-corrected chi connectivity index (χ1v) is 7.60. The fraction of sp³-hybridized carbons (Fsp3) is 0.750. The molecule has 18 heavy (non-hydrogen) atoms. The van der Waals surface area contributed by atoms with Gasteiger partial charge < -0.3 is 10.3 Å². The molecule has 0 saturated heterocycles. The number of fused-ring (bicyclic) bond motifs is 1. The topological polar surface area (TPSA) is 30.9 Å². The zero-order valence-electron chi connectivity index (χ0n) is 11.7. The van der Waals surface area contributed by atoms with Crippen LogP contribution in [0.2, 0.25) is 0 Å². The average Bonchev–Trinajstić information content (AvgIpc) is 2.73. The van der Waals surface area contributed by atoms with Crippen LogP contribution in [0.5, 0.6) is 0 Å². The third kappa shape index (κ3) is 2.11. The molecule has 2 N–H and O–H groups in total. The van der Waals surface area contributed by atoms with Gasteiger partial charge in [0.1, 0.15) is 0 Å². The minimum Gasteiger partial charge on any atom is -0.348 e. The first-order valence-electron chi connectivity index (χ1n) is 7.60. The van der Waals surface area contributed by atoms with Crippen LogP contribution in [0.25, 0.3) is 0 Å². The fourth-order valence-corrected chi connectivity index (χ4v) is 4.23. The van der Waals surface area contributed by atoms with Crippen LogP contribution in [-0.2, 0) is 6.42 Å². The van der Waals surface area contributed by atoms with Crippen molar-refractivity contribution in [1.29, 1.82) is 0 Å². The zero-order valence-corrected chi connectivity index (χ0v) is 11.7. The van der Waals surface area contributed by atoms with Crippen molar-refractivity contribution in [2.45, 2.75) is 64.5 Å². The summed E-state index contributed by atoms with van der Waals surface area (Å²) >= 11 is 0. The maximum Gasteiger partial charge on any atom is 0.0338 e. The first-order chi connectivity index (χ1) is 8.65. The summed E-state index contributed by atoms with van der Waals surface area (Å²) in [5.74, 6) is 1.74. The molecule has 2 nitrogen and oxygen atoms in total. The summed E-state index contributed by atoms with van der Waals surface area (Å²) in [6, 6.07) is 3.29. The van der Waals surface area contributed by atoms with E-state index in [1.165, 1.54) is 37.7 Å². The summed E-state index contributed by atoms with van der Waals surface area (Å²) < 4.78 is 2.57. The molecule has 0 spiro atoms. The monoisotopic (exact) mass is 246 g/mol. The lowest BCUT2D eigenvalue weighted by Gasteiger charge is -2.34. The molecule has 1 aromatic heterocycles. The van der Waals surface area contributed by atoms with Crippen LogP contribution in [-0.4, -0.2) is 4.57 Å². The van der Waals surface area contributed by atoms with Gasteiger partial charge in [0.2, 0.25) is 0 Å². The van der Waals surface area contributed by atoms with Gasteiger partial charge in [0, 0.05) is 24.0 Å². The van der Waals surface area contributed by atoms with Crippen LogP contribution in [0.3, 0.4) is 0 Å². The van der Waals surface area contributed by atoms with E-state index in [0.29, 0.717) is 0 Å². The Morgan fingerprint density at radius 3 is 2.61 bits per heavy atom. The van der Waals surface area contributed by atoms with Crippen molar-refractivity contribution >= 4 is 0 Å². The Morgan fingerprint density at radius 2 is 1.89 bits per heavy atom. The van der Waals surface area contributed by atoms with Gasteiger partial charge in [-0.05, 0) is 62.0 Å². The van der Waals surface area contributed by atoms with Gasteiger partial charge in [-0.3, -0.25) is 0 Å². The van der Waals surface area contributed by atoms with Crippen molar-refractivity contribution < 1.29 is 0 Å². The van der Waals surface area contributed by atoms with Crippen molar-refractivity contribution in [3.8, 4) is 0 Å². The molecule has 1 heterocycles. The number of rotatable bonds is 1. The van der Waals surface area contributed by atoms with E-state index in [1.54, 1.807) is 5.69 Å². The molecule has 2 aliphatic rings. The molecule has 3 unspecified atom stereocenters. The number of hydrogen-bond acceptors (Lipinski definition) is 1. The summed E-state index contributed by atoms with van der Waals surface area (Å²) in [6.45, 7) is 4.81. The van der Waals surface area contributed by atoms with Crippen molar-refractivity contribution in [1.82, 2.24) is 4.57 Å². The minimum atomic E-state index is 0.286. The summed E-state index contributed by atoms with van der Waals surface area (Å²) in [7, 11) is 0. The van der Waals surface area contributed by atoms with Crippen LogP contribution in [0.1, 0.15) is 69.3 Å². The molecule has 0 aliphatic heterocycles. The second-order valence-electron chi connectivity index (χ2n) is 6.70. The van der Waals surface area contributed by atoms with Gasteiger partial charge >= 0.3 is 0 Å². The van der Waals surface area contributed by atoms with E-state index < -0.39 is 0 Å². The Morgan fingerprint density at radius 1 is 1.17 bits per heavy atom. The SMILES string of the molecule is CC1CC(C)CC(n2ccc3c2CCCC3N)C1. The molecule has 0 radical (unpaired) electrons. The third-order valence-corrected chi connectivity index (χ3v) is 4.93. The highest BCUT2D eigenvalue weighted by molar-refractivity contribution is 5.29. The lowest BCUT2D eigenvalue weighted by molar-refractivity contribution is 0.218.